The van der Waals surface area contributed by atoms with E-state index in [1.165, 1.54) is 17.1 Å². The lowest BCUT2D eigenvalue weighted by molar-refractivity contribution is 0.0526. The summed E-state index contributed by atoms with van der Waals surface area (Å²) in [4.78, 5) is 31.5. The predicted molar refractivity (Wildman–Crippen MR) is 101 cm³/mol. The molecule has 10 nitrogen and oxygen atoms in total. The number of carbonyl (C=O) groups excluding carboxylic acids is 1. The Kier molecular flexibility index (Phi) is 6.56. The van der Waals surface area contributed by atoms with Crippen LogP contribution in [0.4, 0.5) is 0 Å². The van der Waals surface area contributed by atoms with E-state index in [-0.39, 0.29) is 23.7 Å². The number of ether oxygens (including phenoxy) is 3. The molecule has 150 valence electrons. The molecule has 0 aliphatic heterocycles. The maximum absolute atomic E-state index is 12.6. The number of aromatic nitrogens is 5. The molecule has 0 saturated carbocycles. The molecule has 3 heterocycles. The van der Waals surface area contributed by atoms with Gasteiger partial charge in [-0.1, -0.05) is 0 Å². The van der Waals surface area contributed by atoms with E-state index >= 15 is 0 Å². The van der Waals surface area contributed by atoms with Gasteiger partial charge in [-0.05, 0) is 19.4 Å². The topological polar surface area (TPSA) is 113 Å². The van der Waals surface area contributed by atoms with Crippen LogP contribution in [0.5, 0.6) is 0 Å². The van der Waals surface area contributed by atoms with Gasteiger partial charge in [-0.25, -0.2) is 14.5 Å². The van der Waals surface area contributed by atoms with Crippen LogP contribution in [0.15, 0.2) is 29.5 Å². The zero-order chi connectivity index (χ0) is 19.9. The number of esters is 1. The Morgan fingerprint density at radius 1 is 1.29 bits per heavy atom. The lowest BCUT2D eigenvalue weighted by Crippen LogP contribution is -2.16. The molecule has 3 aromatic heterocycles. The van der Waals surface area contributed by atoms with Gasteiger partial charge in [-0.3, -0.25) is 9.78 Å². The van der Waals surface area contributed by atoms with Crippen LogP contribution in [0.3, 0.4) is 0 Å². The van der Waals surface area contributed by atoms with E-state index in [0.717, 1.165) is 6.42 Å². The van der Waals surface area contributed by atoms with Crippen LogP contribution >= 0.6 is 0 Å². The number of methoxy groups -OCH3 is 1. The van der Waals surface area contributed by atoms with Crippen molar-refractivity contribution in [3.8, 4) is 5.95 Å². The first kappa shape index (κ1) is 19.8. The summed E-state index contributed by atoms with van der Waals surface area (Å²) >= 11 is 0. The van der Waals surface area contributed by atoms with Gasteiger partial charge in [0.05, 0.1) is 37.1 Å². The van der Waals surface area contributed by atoms with E-state index < -0.39 is 5.97 Å². The Morgan fingerprint density at radius 3 is 2.93 bits per heavy atom. The minimum atomic E-state index is -0.476. The maximum atomic E-state index is 12.6. The van der Waals surface area contributed by atoms with Crippen molar-refractivity contribution < 1.29 is 19.0 Å². The first-order valence-electron chi connectivity index (χ1n) is 9.02. The Morgan fingerprint density at radius 2 is 2.14 bits per heavy atom. The van der Waals surface area contributed by atoms with E-state index in [4.69, 9.17) is 14.2 Å². The molecule has 0 aromatic carbocycles. The van der Waals surface area contributed by atoms with E-state index in [9.17, 15) is 9.59 Å². The Bertz CT molecular complexity index is 990. The second kappa shape index (κ2) is 9.29. The first-order valence-corrected chi connectivity index (χ1v) is 9.02. The highest BCUT2D eigenvalue weighted by Crippen LogP contribution is 2.12. The standard InChI is InChI=1S/C18H23N5O5/c1-3-28-17(25)13-11-19-23(12-13)18-20-14-5-7-22(15(14)16(24)21-18)6-4-8-27-10-9-26-2/h5,7,11-12H,3-4,6,8-10H2,1-2H3,(H,20,21,24). The Balaban J connectivity index is 1.74. The summed E-state index contributed by atoms with van der Waals surface area (Å²) < 4.78 is 18.5. The van der Waals surface area contributed by atoms with Gasteiger partial charge in [0, 0.05) is 32.7 Å². The van der Waals surface area contributed by atoms with Crippen LogP contribution in [0.2, 0.25) is 0 Å². The number of fused-ring (bicyclic) bond motifs is 1. The second-order valence-electron chi connectivity index (χ2n) is 5.99. The highest BCUT2D eigenvalue weighted by atomic mass is 16.5. The SMILES string of the molecule is CCOC(=O)c1cnn(-c2nc3ccn(CCCOCCOC)c3c(=O)[nH]2)c1. The largest absolute Gasteiger partial charge is 0.462 e. The summed E-state index contributed by atoms with van der Waals surface area (Å²) in [7, 11) is 1.63. The van der Waals surface area contributed by atoms with Crippen molar-refractivity contribution in [2.45, 2.75) is 19.9 Å². The summed E-state index contributed by atoms with van der Waals surface area (Å²) in [5.41, 5.74) is 1.04. The summed E-state index contributed by atoms with van der Waals surface area (Å²) in [6, 6.07) is 1.77. The zero-order valence-electron chi connectivity index (χ0n) is 15.9. The molecule has 0 aliphatic rings. The number of hydrogen-bond donors (Lipinski definition) is 1. The fraction of sp³-hybridized carbons (Fsp3) is 0.444. The molecule has 0 aliphatic carbocycles. The van der Waals surface area contributed by atoms with Crippen LogP contribution in [-0.2, 0) is 20.8 Å². The molecule has 3 aromatic rings. The molecule has 0 atom stereocenters. The maximum Gasteiger partial charge on any atom is 0.341 e. The molecule has 0 spiro atoms. The third kappa shape index (κ3) is 4.46. The predicted octanol–water partition coefficient (Wildman–Crippen LogP) is 1.14. The second-order valence-corrected chi connectivity index (χ2v) is 5.99. The lowest BCUT2D eigenvalue weighted by Gasteiger charge is -2.06. The molecule has 0 saturated heterocycles. The molecular formula is C18H23N5O5. The number of nitrogens with one attached hydrogen (secondary N) is 1. The lowest BCUT2D eigenvalue weighted by atomic mass is 10.4. The van der Waals surface area contributed by atoms with Gasteiger partial charge in [0.1, 0.15) is 5.52 Å². The summed E-state index contributed by atoms with van der Waals surface area (Å²) in [5.74, 6) is -0.246. The van der Waals surface area contributed by atoms with Crippen molar-refractivity contribution in [2.24, 2.45) is 0 Å². The number of rotatable bonds is 10. The quantitative estimate of drug-likeness (QED) is 0.409. The average molecular weight is 389 g/mol. The summed E-state index contributed by atoms with van der Waals surface area (Å²) in [6.45, 7) is 4.32. The Labute approximate surface area is 161 Å². The molecule has 28 heavy (non-hydrogen) atoms. The Hall–Kier alpha value is -2.98. The molecular weight excluding hydrogens is 366 g/mol. The van der Waals surface area contributed by atoms with E-state index in [2.05, 4.69) is 15.1 Å². The smallest absolute Gasteiger partial charge is 0.341 e. The monoisotopic (exact) mass is 389 g/mol. The van der Waals surface area contributed by atoms with E-state index in [1.807, 2.05) is 10.8 Å². The molecule has 1 N–H and O–H groups in total. The first-order chi connectivity index (χ1) is 13.6. The van der Waals surface area contributed by atoms with Crippen molar-refractivity contribution in [2.75, 3.05) is 33.5 Å². The summed E-state index contributed by atoms with van der Waals surface area (Å²) in [5, 5.41) is 4.08. The minimum absolute atomic E-state index is 0.230. The minimum Gasteiger partial charge on any atom is -0.462 e. The van der Waals surface area contributed by atoms with Gasteiger partial charge < -0.3 is 18.8 Å². The van der Waals surface area contributed by atoms with Crippen molar-refractivity contribution >= 4 is 17.0 Å². The number of carbonyl (C=O) groups is 1. The fourth-order valence-electron chi connectivity index (χ4n) is 2.74. The summed E-state index contributed by atoms with van der Waals surface area (Å²) in [6.07, 6.45) is 5.42. The number of nitrogens with zero attached hydrogens (tertiary/aromatic N) is 4. The van der Waals surface area contributed by atoms with Crippen molar-refractivity contribution in [1.29, 1.82) is 0 Å². The molecule has 0 fully saturated rings. The van der Waals surface area contributed by atoms with Crippen LogP contribution < -0.4 is 5.56 Å². The number of hydrogen-bond acceptors (Lipinski definition) is 7. The molecule has 3 rings (SSSR count). The third-order valence-electron chi connectivity index (χ3n) is 4.04. The van der Waals surface area contributed by atoms with Crippen molar-refractivity contribution in [3.63, 3.8) is 0 Å². The van der Waals surface area contributed by atoms with Gasteiger partial charge in [0.15, 0.2) is 0 Å². The van der Waals surface area contributed by atoms with Gasteiger partial charge in [0.2, 0.25) is 5.95 Å². The van der Waals surface area contributed by atoms with Crippen LogP contribution in [0, 0.1) is 0 Å². The normalized spacial score (nSPS) is 11.2. The number of aryl methyl sites for hydroxylation is 1. The number of aromatic amines is 1. The molecule has 10 heteroatoms. The van der Waals surface area contributed by atoms with Gasteiger partial charge in [-0.15, -0.1) is 0 Å². The van der Waals surface area contributed by atoms with Crippen LogP contribution in [-0.4, -0.2) is 63.8 Å². The molecule has 0 unspecified atom stereocenters. The molecule has 0 radical (unpaired) electrons. The van der Waals surface area contributed by atoms with Crippen molar-refractivity contribution in [1.82, 2.24) is 24.3 Å². The average Bonchev–Trinajstić information content (AvgIpc) is 3.32. The van der Waals surface area contributed by atoms with Crippen LogP contribution in [0.25, 0.3) is 17.0 Å². The zero-order valence-corrected chi connectivity index (χ0v) is 15.9. The highest BCUT2D eigenvalue weighted by molar-refractivity contribution is 5.88. The molecule has 0 bridgehead atoms. The van der Waals surface area contributed by atoms with Crippen molar-refractivity contribution in [3.05, 3.63) is 40.6 Å². The van der Waals surface area contributed by atoms with Gasteiger partial charge >= 0.3 is 5.97 Å². The van der Waals surface area contributed by atoms with Gasteiger partial charge in [-0.2, -0.15) is 5.10 Å². The van der Waals surface area contributed by atoms with Gasteiger partial charge in [0.25, 0.3) is 5.56 Å². The molecule has 0 amide bonds. The number of H-pyrrole nitrogens is 1. The van der Waals surface area contributed by atoms with E-state index in [1.54, 1.807) is 20.1 Å². The fourth-order valence-corrected chi connectivity index (χ4v) is 2.74. The van der Waals surface area contributed by atoms with E-state index in [0.29, 0.717) is 37.4 Å². The third-order valence-corrected chi connectivity index (χ3v) is 4.04. The highest BCUT2D eigenvalue weighted by Gasteiger charge is 2.14. The van der Waals surface area contributed by atoms with Crippen LogP contribution in [0.1, 0.15) is 23.7 Å².